The number of amides is 1. The third-order valence-corrected chi connectivity index (χ3v) is 3.61. The highest BCUT2D eigenvalue weighted by Crippen LogP contribution is 2.48. The number of hydrogen-bond acceptors (Lipinski definition) is 3. The fraction of sp³-hybridized carbons (Fsp3) is 0.357. The first-order valence-corrected chi connectivity index (χ1v) is 6.36. The van der Waals surface area contributed by atoms with Crippen LogP contribution in [0.3, 0.4) is 0 Å². The first kappa shape index (κ1) is 11.9. The van der Waals surface area contributed by atoms with E-state index in [1.807, 2.05) is 30.3 Å². The normalized spacial score (nSPS) is 16.1. The number of benzene rings is 1. The third kappa shape index (κ3) is 2.01. The van der Waals surface area contributed by atoms with Gasteiger partial charge in [0.05, 0.1) is 5.41 Å². The van der Waals surface area contributed by atoms with Crippen LogP contribution in [0.5, 0.6) is 0 Å². The van der Waals surface area contributed by atoms with E-state index in [1.54, 1.807) is 18.7 Å². The van der Waals surface area contributed by atoms with E-state index in [9.17, 15) is 4.79 Å². The standard InChI is InChI=1S/C14H16N4O/c1-10-15-13(18(2)17-10)16-12(19)14(8-9-14)11-6-4-3-5-7-11/h3-7H,8-9H2,1-2H3,(H,15,16,17,19). The highest BCUT2D eigenvalue weighted by Gasteiger charge is 2.51. The summed E-state index contributed by atoms with van der Waals surface area (Å²) in [5.41, 5.74) is 0.701. The Bertz CT molecular complexity index is 614. The fourth-order valence-electron chi connectivity index (χ4n) is 2.37. The van der Waals surface area contributed by atoms with E-state index in [4.69, 9.17) is 0 Å². The molecule has 19 heavy (non-hydrogen) atoms. The Morgan fingerprint density at radius 3 is 2.53 bits per heavy atom. The Kier molecular flexibility index (Phi) is 2.62. The van der Waals surface area contributed by atoms with Crippen molar-refractivity contribution in [3.8, 4) is 0 Å². The van der Waals surface area contributed by atoms with Crippen molar-refractivity contribution in [3.05, 3.63) is 41.7 Å². The van der Waals surface area contributed by atoms with Crippen LogP contribution in [0.1, 0.15) is 24.2 Å². The molecule has 1 N–H and O–H groups in total. The maximum atomic E-state index is 12.5. The number of carbonyl (C=O) groups excluding carboxylic acids is 1. The van der Waals surface area contributed by atoms with Crippen molar-refractivity contribution in [2.75, 3.05) is 5.32 Å². The van der Waals surface area contributed by atoms with Crippen molar-refractivity contribution in [2.24, 2.45) is 7.05 Å². The number of carbonyl (C=O) groups is 1. The van der Waals surface area contributed by atoms with Gasteiger partial charge in [-0.2, -0.15) is 10.1 Å². The number of nitrogens with one attached hydrogen (secondary N) is 1. The van der Waals surface area contributed by atoms with Crippen molar-refractivity contribution in [2.45, 2.75) is 25.2 Å². The van der Waals surface area contributed by atoms with Gasteiger partial charge in [0, 0.05) is 7.05 Å². The maximum Gasteiger partial charge on any atom is 0.237 e. The van der Waals surface area contributed by atoms with Crippen LogP contribution in [0.25, 0.3) is 0 Å². The highest BCUT2D eigenvalue weighted by atomic mass is 16.2. The van der Waals surface area contributed by atoms with Crippen molar-refractivity contribution in [1.29, 1.82) is 0 Å². The maximum absolute atomic E-state index is 12.5. The molecule has 1 aliphatic carbocycles. The predicted octanol–water partition coefficient (Wildman–Crippen LogP) is 1.79. The molecule has 3 rings (SSSR count). The molecule has 0 bridgehead atoms. The van der Waals surface area contributed by atoms with Crippen LogP contribution in [0.2, 0.25) is 0 Å². The molecule has 1 fully saturated rings. The number of aryl methyl sites for hydroxylation is 2. The number of nitrogens with zero attached hydrogens (tertiary/aromatic N) is 3. The van der Waals surface area contributed by atoms with Gasteiger partial charge in [0.25, 0.3) is 0 Å². The van der Waals surface area contributed by atoms with Gasteiger partial charge in [-0.1, -0.05) is 30.3 Å². The lowest BCUT2D eigenvalue weighted by Gasteiger charge is -2.14. The Balaban J connectivity index is 1.83. The molecular weight excluding hydrogens is 240 g/mol. The second-order valence-electron chi connectivity index (χ2n) is 5.01. The Hall–Kier alpha value is -2.17. The van der Waals surface area contributed by atoms with Gasteiger partial charge in [0.1, 0.15) is 5.82 Å². The van der Waals surface area contributed by atoms with Crippen LogP contribution in [-0.2, 0) is 17.3 Å². The molecule has 0 aliphatic heterocycles. The first-order chi connectivity index (χ1) is 9.12. The summed E-state index contributed by atoms with van der Waals surface area (Å²) in [6, 6.07) is 9.91. The van der Waals surface area contributed by atoms with Crippen LogP contribution in [0.15, 0.2) is 30.3 Å². The summed E-state index contributed by atoms with van der Waals surface area (Å²) in [5.74, 6) is 1.17. The van der Waals surface area contributed by atoms with Gasteiger partial charge in [0.2, 0.25) is 11.9 Å². The molecule has 0 unspecified atom stereocenters. The van der Waals surface area contributed by atoms with E-state index in [-0.39, 0.29) is 11.3 Å². The SMILES string of the molecule is Cc1nc(NC(=O)C2(c3ccccc3)CC2)n(C)n1. The molecule has 1 aromatic carbocycles. The van der Waals surface area contributed by atoms with E-state index in [2.05, 4.69) is 15.4 Å². The monoisotopic (exact) mass is 256 g/mol. The lowest BCUT2D eigenvalue weighted by atomic mass is 9.95. The van der Waals surface area contributed by atoms with E-state index in [1.165, 1.54) is 0 Å². The summed E-state index contributed by atoms with van der Waals surface area (Å²) in [4.78, 5) is 16.7. The summed E-state index contributed by atoms with van der Waals surface area (Å²) in [6.07, 6.45) is 1.78. The van der Waals surface area contributed by atoms with Gasteiger partial charge in [-0.05, 0) is 25.3 Å². The van der Waals surface area contributed by atoms with Gasteiger partial charge in [-0.25, -0.2) is 4.68 Å². The zero-order chi connectivity index (χ0) is 13.5. The van der Waals surface area contributed by atoms with Crippen LogP contribution in [0.4, 0.5) is 5.95 Å². The Morgan fingerprint density at radius 1 is 1.32 bits per heavy atom. The topological polar surface area (TPSA) is 59.8 Å². The summed E-state index contributed by atoms with van der Waals surface area (Å²) in [6.45, 7) is 1.81. The predicted molar refractivity (Wildman–Crippen MR) is 71.7 cm³/mol. The van der Waals surface area contributed by atoms with Gasteiger partial charge in [-0.15, -0.1) is 0 Å². The van der Waals surface area contributed by atoms with Crippen LogP contribution < -0.4 is 5.32 Å². The van der Waals surface area contributed by atoms with Crippen molar-refractivity contribution >= 4 is 11.9 Å². The number of anilines is 1. The van der Waals surface area contributed by atoms with Crippen molar-refractivity contribution < 1.29 is 4.79 Å². The number of aromatic nitrogens is 3. The zero-order valence-corrected chi connectivity index (χ0v) is 11.1. The summed E-state index contributed by atoms with van der Waals surface area (Å²) in [5, 5.41) is 7.01. The molecule has 1 saturated carbocycles. The van der Waals surface area contributed by atoms with Gasteiger partial charge < -0.3 is 0 Å². The molecule has 0 saturated heterocycles. The molecule has 1 heterocycles. The Morgan fingerprint density at radius 2 is 2.00 bits per heavy atom. The molecular formula is C14H16N4O. The second-order valence-corrected chi connectivity index (χ2v) is 5.01. The van der Waals surface area contributed by atoms with Gasteiger partial charge >= 0.3 is 0 Å². The average molecular weight is 256 g/mol. The number of hydrogen-bond donors (Lipinski definition) is 1. The van der Waals surface area contributed by atoms with Crippen molar-refractivity contribution in [3.63, 3.8) is 0 Å². The minimum Gasteiger partial charge on any atom is -0.294 e. The molecule has 0 atom stereocenters. The molecule has 0 radical (unpaired) electrons. The second kappa shape index (κ2) is 4.19. The Labute approximate surface area is 111 Å². The molecule has 1 amide bonds. The molecule has 0 spiro atoms. The summed E-state index contributed by atoms with van der Waals surface area (Å²) >= 11 is 0. The molecule has 2 aromatic rings. The molecule has 5 nitrogen and oxygen atoms in total. The quantitative estimate of drug-likeness (QED) is 0.910. The van der Waals surface area contributed by atoms with Gasteiger partial charge in [0.15, 0.2) is 0 Å². The third-order valence-electron chi connectivity index (χ3n) is 3.61. The highest BCUT2D eigenvalue weighted by molar-refractivity contribution is 6.00. The molecule has 1 aliphatic rings. The lowest BCUT2D eigenvalue weighted by Crippen LogP contribution is -2.29. The van der Waals surface area contributed by atoms with Crippen LogP contribution in [0, 0.1) is 6.92 Å². The fourth-order valence-corrected chi connectivity index (χ4v) is 2.37. The largest absolute Gasteiger partial charge is 0.294 e. The van der Waals surface area contributed by atoms with E-state index < -0.39 is 0 Å². The average Bonchev–Trinajstić information content (AvgIpc) is 3.14. The molecule has 5 heteroatoms. The van der Waals surface area contributed by atoms with E-state index in [0.29, 0.717) is 11.8 Å². The van der Waals surface area contributed by atoms with Crippen LogP contribution in [-0.4, -0.2) is 20.7 Å². The smallest absolute Gasteiger partial charge is 0.237 e. The minimum absolute atomic E-state index is 0.00852. The summed E-state index contributed by atoms with van der Waals surface area (Å²) in [7, 11) is 1.78. The van der Waals surface area contributed by atoms with E-state index in [0.717, 1.165) is 18.4 Å². The van der Waals surface area contributed by atoms with Crippen LogP contribution >= 0.6 is 0 Å². The van der Waals surface area contributed by atoms with Gasteiger partial charge in [-0.3, -0.25) is 10.1 Å². The van der Waals surface area contributed by atoms with Crippen molar-refractivity contribution in [1.82, 2.24) is 14.8 Å². The first-order valence-electron chi connectivity index (χ1n) is 6.36. The van der Waals surface area contributed by atoms with E-state index >= 15 is 0 Å². The zero-order valence-electron chi connectivity index (χ0n) is 11.1. The minimum atomic E-state index is -0.374. The number of rotatable bonds is 3. The lowest BCUT2D eigenvalue weighted by molar-refractivity contribution is -0.118. The molecule has 98 valence electrons. The molecule has 1 aromatic heterocycles. The summed E-state index contributed by atoms with van der Waals surface area (Å²) < 4.78 is 1.59.